The molecule has 1 aromatic rings. The highest BCUT2D eigenvalue weighted by Crippen LogP contribution is 2.26. The van der Waals surface area contributed by atoms with E-state index in [-0.39, 0.29) is 12.4 Å². The predicted molar refractivity (Wildman–Crippen MR) is 112 cm³/mol. The van der Waals surface area contributed by atoms with Crippen LogP contribution in [0.4, 0.5) is 5.82 Å². The van der Waals surface area contributed by atoms with E-state index in [1.165, 1.54) is 16.8 Å². The number of aromatic nitrogens is 2. The average Bonchev–Trinajstić information content (AvgIpc) is 2.89. The van der Waals surface area contributed by atoms with Crippen LogP contribution in [-0.2, 0) is 25.0 Å². The molecule has 210 valence electrons. The van der Waals surface area contributed by atoms with Gasteiger partial charge >= 0.3 is 29.2 Å². The minimum absolute atomic E-state index is 0.0286. The number of aliphatic hydroxyl groups is 4. The van der Waals surface area contributed by atoms with Crippen molar-refractivity contribution in [2.75, 3.05) is 19.5 Å². The van der Waals surface area contributed by atoms with Gasteiger partial charge in [-0.05, 0) is 6.07 Å². The third-order valence-electron chi connectivity index (χ3n) is 2.91. The Kier molecular flexibility index (Phi) is 18.9. The lowest BCUT2D eigenvalue weighted by atomic mass is 10.1. The lowest BCUT2D eigenvalue weighted by molar-refractivity contribution is -0.0269. The molecule has 0 aromatic carbocycles. The van der Waals surface area contributed by atoms with E-state index in [0.29, 0.717) is 0 Å². The number of phosphoric acid groups is 3. The Hall–Kier alpha value is -1.19. The van der Waals surface area contributed by atoms with Crippen LogP contribution < -0.4 is 11.4 Å². The molecule has 0 radical (unpaired) electrons. The summed E-state index contributed by atoms with van der Waals surface area (Å²) in [4.78, 5) is 79.7. The first-order valence-electron chi connectivity index (χ1n) is 8.28. The molecule has 2 rings (SSSR count). The zero-order chi connectivity index (χ0) is 28.8. The molecule has 1 aromatic heterocycles. The Morgan fingerprint density at radius 1 is 0.886 bits per heavy atom. The zero-order valence-electron chi connectivity index (χ0n) is 17.5. The summed E-state index contributed by atoms with van der Waals surface area (Å²) < 4.78 is 33.1. The van der Waals surface area contributed by atoms with Crippen molar-refractivity contribution >= 4 is 29.3 Å². The topological polar surface area (TPSA) is 384 Å². The van der Waals surface area contributed by atoms with Crippen molar-refractivity contribution in [2.45, 2.75) is 31.0 Å². The van der Waals surface area contributed by atoms with Crippen LogP contribution in [0, 0.1) is 0 Å². The van der Waals surface area contributed by atoms with Crippen LogP contribution in [0.15, 0.2) is 17.1 Å². The van der Waals surface area contributed by atoms with Gasteiger partial charge in [0.1, 0.15) is 30.2 Å². The van der Waals surface area contributed by atoms with Gasteiger partial charge in [0.25, 0.3) is 0 Å². The summed E-state index contributed by atoms with van der Waals surface area (Å²) in [6.07, 6.45) is -2.52. The molecule has 0 saturated carbocycles. The van der Waals surface area contributed by atoms with E-state index in [9.17, 15) is 15.0 Å². The molecule has 4 atom stereocenters. The number of nitrogen functional groups attached to an aromatic ring is 1. The minimum atomic E-state index is -4.64. The third-order valence-corrected chi connectivity index (χ3v) is 2.91. The Morgan fingerprint density at radius 2 is 1.23 bits per heavy atom. The molecule has 35 heavy (non-hydrogen) atoms. The van der Waals surface area contributed by atoms with E-state index in [4.69, 9.17) is 78.4 Å². The minimum Gasteiger partial charge on any atom is -0.400 e. The first-order chi connectivity index (χ1) is 15.5. The molecular formula is C11H28N3O18P3. The van der Waals surface area contributed by atoms with E-state index in [0.717, 1.165) is 7.11 Å². The summed E-state index contributed by atoms with van der Waals surface area (Å²) in [5.41, 5.74) is 4.79. The summed E-state index contributed by atoms with van der Waals surface area (Å²) in [6.45, 7) is -0.371. The fourth-order valence-corrected chi connectivity index (χ4v) is 1.90. The molecule has 1 aliphatic rings. The van der Waals surface area contributed by atoms with Crippen molar-refractivity contribution < 1.29 is 82.9 Å². The van der Waals surface area contributed by atoms with Gasteiger partial charge in [0, 0.05) is 13.3 Å². The van der Waals surface area contributed by atoms with E-state index in [2.05, 4.69) is 4.98 Å². The summed E-state index contributed by atoms with van der Waals surface area (Å²) in [7, 11) is -12.9. The van der Waals surface area contributed by atoms with Gasteiger partial charge in [-0.3, -0.25) is 4.57 Å². The highest BCUT2D eigenvalue weighted by molar-refractivity contribution is 7.45. The standard InChI is InChI=1S/C10H15N3O5.CH4O.3H3O4P/c11-7-1-2-13(10(17)12-7)3-5-8(15)9(16)6(4-14)18-5;1-2;3*1-5(2,3)4/h1-2,5-6,8-9,14-16H,3-4H2,(H2,11,12,17);2H,1H3;3*(H3,1,2,3,4)/t5-,6+,8-,9+;;;;/m0..../s1. The van der Waals surface area contributed by atoms with Gasteiger partial charge in [0.15, 0.2) is 0 Å². The van der Waals surface area contributed by atoms with Crippen LogP contribution in [0.2, 0.25) is 0 Å². The number of nitrogens with zero attached hydrogens (tertiary/aromatic N) is 2. The number of nitrogens with two attached hydrogens (primary N) is 1. The van der Waals surface area contributed by atoms with Crippen LogP contribution in [0.1, 0.15) is 0 Å². The fourth-order valence-electron chi connectivity index (χ4n) is 1.90. The van der Waals surface area contributed by atoms with Crippen LogP contribution in [0.5, 0.6) is 0 Å². The Labute approximate surface area is 195 Å². The van der Waals surface area contributed by atoms with Gasteiger partial charge < -0.3 is 74.9 Å². The van der Waals surface area contributed by atoms with Crippen molar-refractivity contribution in [3.8, 4) is 0 Å². The maximum Gasteiger partial charge on any atom is 0.466 e. The molecule has 1 saturated heterocycles. The summed E-state index contributed by atoms with van der Waals surface area (Å²) in [6, 6.07) is 1.45. The van der Waals surface area contributed by atoms with Crippen LogP contribution >= 0.6 is 23.5 Å². The average molecular weight is 583 g/mol. The van der Waals surface area contributed by atoms with Gasteiger partial charge in [-0.1, -0.05) is 0 Å². The molecule has 0 spiro atoms. The molecule has 24 heteroatoms. The maximum atomic E-state index is 11.5. The second-order valence-electron chi connectivity index (χ2n) is 5.70. The molecule has 2 heterocycles. The van der Waals surface area contributed by atoms with Crippen molar-refractivity contribution in [2.24, 2.45) is 0 Å². The molecule has 15 N–H and O–H groups in total. The van der Waals surface area contributed by atoms with Crippen molar-refractivity contribution in [1.29, 1.82) is 0 Å². The summed E-state index contributed by atoms with van der Waals surface area (Å²) in [5.74, 6) is 0.109. The Balaban J connectivity index is -0.000000495. The molecular weight excluding hydrogens is 555 g/mol. The van der Waals surface area contributed by atoms with Gasteiger partial charge in [-0.15, -0.1) is 0 Å². The number of ether oxygens (including phenoxy) is 1. The first kappa shape index (κ1) is 38.3. The number of anilines is 1. The van der Waals surface area contributed by atoms with E-state index >= 15 is 0 Å². The fraction of sp³-hybridized carbons (Fsp3) is 0.636. The van der Waals surface area contributed by atoms with Crippen LogP contribution in [0.25, 0.3) is 0 Å². The van der Waals surface area contributed by atoms with Gasteiger partial charge in [0.2, 0.25) is 0 Å². The van der Waals surface area contributed by atoms with Crippen molar-refractivity contribution in [3.63, 3.8) is 0 Å². The van der Waals surface area contributed by atoms with Gasteiger partial charge in [0.05, 0.1) is 13.2 Å². The molecule has 0 amide bonds. The molecule has 0 aliphatic carbocycles. The second-order valence-corrected chi connectivity index (χ2v) is 8.78. The first-order valence-corrected chi connectivity index (χ1v) is 13.0. The Morgan fingerprint density at radius 3 is 1.51 bits per heavy atom. The lowest BCUT2D eigenvalue weighted by Gasteiger charge is -2.15. The number of hydrogen-bond donors (Lipinski definition) is 14. The third kappa shape index (κ3) is 27.2. The largest absolute Gasteiger partial charge is 0.466 e. The van der Waals surface area contributed by atoms with Crippen LogP contribution in [0.3, 0.4) is 0 Å². The van der Waals surface area contributed by atoms with E-state index in [1.54, 1.807) is 0 Å². The summed E-state index contributed by atoms with van der Waals surface area (Å²) >= 11 is 0. The summed E-state index contributed by atoms with van der Waals surface area (Å²) in [5, 5.41) is 35.2. The van der Waals surface area contributed by atoms with Gasteiger partial charge in [-0.2, -0.15) is 4.98 Å². The van der Waals surface area contributed by atoms with Gasteiger partial charge in [-0.25, -0.2) is 18.5 Å². The molecule has 0 unspecified atom stereocenters. The number of aliphatic hydroxyl groups excluding tert-OH is 4. The maximum absolute atomic E-state index is 11.5. The van der Waals surface area contributed by atoms with E-state index in [1.807, 2.05) is 0 Å². The highest BCUT2D eigenvalue weighted by atomic mass is 31.2. The van der Waals surface area contributed by atoms with Crippen LogP contribution in [-0.4, -0.2) is 112 Å². The molecule has 1 fully saturated rings. The molecule has 0 bridgehead atoms. The van der Waals surface area contributed by atoms with Crippen molar-refractivity contribution in [3.05, 3.63) is 22.7 Å². The van der Waals surface area contributed by atoms with Crippen molar-refractivity contribution in [1.82, 2.24) is 9.55 Å². The normalized spacial score (nSPS) is 21.5. The SMILES string of the molecule is CO.Nc1ccn(C[C@@H]2O[C@H](CO)[C@@H](O)[C@H]2O)c(=O)n1.O=P(O)(O)O.O=P(O)(O)O.O=P(O)(O)O. The van der Waals surface area contributed by atoms with E-state index < -0.39 is 60.2 Å². The lowest BCUT2D eigenvalue weighted by Crippen LogP contribution is -2.37. The quantitative estimate of drug-likeness (QED) is 0.147. The Bertz CT molecular complexity index is 838. The highest BCUT2D eigenvalue weighted by Gasteiger charge is 2.42. The number of hydrogen-bond acceptors (Lipinski definition) is 11. The zero-order valence-corrected chi connectivity index (χ0v) is 20.2. The number of rotatable bonds is 3. The second kappa shape index (κ2) is 17.3. The smallest absolute Gasteiger partial charge is 0.400 e. The molecule has 1 aliphatic heterocycles. The molecule has 21 nitrogen and oxygen atoms in total. The predicted octanol–water partition coefficient (Wildman–Crippen LogP) is -5.87. The monoisotopic (exact) mass is 583 g/mol.